The lowest BCUT2D eigenvalue weighted by Crippen LogP contribution is -2.29. The molecule has 20 heavy (non-hydrogen) atoms. The van der Waals surface area contributed by atoms with Crippen molar-refractivity contribution in [1.82, 2.24) is 5.32 Å². The highest BCUT2D eigenvalue weighted by atomic mass is 32.2. The van der Waals surface area contributed by atoms with E-state index in [-0.39, 0.29) is 17.5 Å². The molecule has 1 aromatic rings. The fraction of sp³-hybridized carbons (Fsp3) is 0.625. The normalized spacial score (nSPS) is 13.3. The Labute approximate surface area is 123 Å². The van der Waals surface area contributed by atoms with E-state index < -0.39 is 9.84 Å². The second-order valence-electron chi connectivity index (χ2n) is 5.22. The SMILES string of the molecule is CCCc1ccc(C(CS(=O)(=O)CCC)NCC)cc1. The molecule has 0 bridgehead atoms. The molecule has 0 aliphatic rings. The Morgan fingerprint density at radius 2 is 1.70 bits per heavy atom. The highest BCUT2D eigenvalue weighted by Crippen LogP contribution is 2.17. The van der Waals surface area contributed by atoms with E-state index in [9.17, 15) is 8.42 Å². The zero-order valence-corrected chi connectivity index (χ0v) is 13.7. The minimum Gasteiger partial charge on any atom is -0.309 e. The molecule has 114 valence electrons. The van der Waals surface area contributed by atoms with Crippen LogP contribution in [-0.2, 0) is 16.3 Å². The minimum absolute atomic E-state index is 0.104. The summed E-state index contributed by atoms with van der Waals surface area (Å²) in [7, 11) is -2.98. The van der Waals surface area contributed by atoms with Crippen LogP contribution in [0.2, 0.25) is 0 Å². The minimum atomic E-state index is -2.98. The summed E-state index contributed by atoms with van der Waals surface area (Å²) in [6.07, 6.45) is 2.87. The van der Waals surface area contributed by atoms with E-state index in [4.69, 9.17) is 0 Å². The topological polar surface area (TPSA) is 46.2 Å². The molecule has 1 aromatic carbocycles. The van der Waals surface area contributed by atoms with Gasteiger partial charge in [-0.1, -0.05) is 51.5 Å². The highest BCUT2D eigenvalue weighted by molar-refractivity contribution is 7.91. The molecule has 0 aromatic heterocycles. The molecule has 4 heteroatoms. The standard InChI is InChI=1S/C16H27NO2S/c1-4-7-14-8-10-15(11-9-14)16(17-6-3)13-20(18,19)12-5-2/h8-11,16-17H,4-7,12-13H2,1-3H3. The van der Waals surface area contributed by atoms with Gasteiger partial charge in [-0.25, -0.2) is 8.42 Å². The van der Waals surface area contributed by atoms with E-state index in [2.05, 4.69) is 36.5 Å². The second kappa shape index (κ2) is 8.42. The third-order valence-electron chi connectivity index (χ3n) is 3.31. The van der Waals surface area contributed by atoms with Gasteiger partial charge < -0.3 is 5.32 Å². The van der Waals surface area contributed by atoms with Crippen molar-refractivity contribution in [2.24, 2.45) is 0 Å². The fourth-order valence-electron chi connectivity index (χ4n) is 2.37. The first-order valence-electron chi connectivity index (χ1n) is 7.55. The van der Waals surface area contributed by atoms with Gasteiger partial charge in [0.2, 0.25) is 0 Å². The summed E-state index contributed by atoms with van der Waals surface area (Å²) in [6.45, 7) is 6.83. The van der Waals surface area contributed by atoms with Gasteiger partial charge in [-0.15, -0.1) is 0 Å². The van der Waals surface area contributed by atoms with E-state index in [0.29, 0.717) is 6.42 Å². The van der Waals surface area contributed by atoms with Gasteiger partial charge in [-0.3, -0.25) is 0 Å². The van der Waals surface area contributed by atoms with E-state index >= 15 is 0 Å². The smallest absolute Gasteiger partial charge is 0.152 e. The Balaban J connectivity index is 2.84. The van der Waals surface area contributed by atoms with Crippen molar-refractivity contribution in [3.8, 4) is 0 Å². The van der Waals surface area contributed by atoms with Crippen LogP contribution >= 0.6 is 0 Å². The summed E-state index contributed by atoms with van der Waals surface area (Å²) in [5, 5.41) is 3.29. The lowest BCUT2D eigenvalue weighted by atomic mass is 10.0. The van der Waals surface area contributed by atoms with Gasteiger partial charge in [0.05, 0.1) is 5.75 Å². The number of benzene rings is 1. The van der Waals surface area contributed by atoms with Crippen molar-refractivity contribution in [1.29, 1.82) is 0 Å². The number of nitrogens with one attached hydrogen (secondary N) is 1. The van der Waals surface area contributed by atoms with Gasteiger partial charge in [0, 0.05) is 11.8 Å². The van der Waals surface area contributed by atoms with E-state index in [0.717, 1.165) is 24.9 Å². The molecule has 0 aliphatic carbocycles. The Morgan fingerprint density at radius 3 is 2.20 bits per heavy atom. The van der Waals surface area contributed by atoms with Crippen molar-refractivity contribution < 1.29 is 8.42 Å². The summed E-state index contributed by atoms with van der Waals surface area (Å²) in [5.41, 5.74) is 2.37. The number of aryl methyl sites for hydroxylation is 1. The zero-order valence-electron chi connectivity index (χ0n) is 12.9. The molecule has 1 unspecified atom stereocenters. The van der Waals surface area contributed by atoms with Gasteiger partial charge in [-0.05, 0) is 30.5 Å². The number of hydrogen-bond acceptors (Lipinski definition) is 3. The maximum Gasteiger partial charge on any atom is 0.152 e. The van der Waals surface area contributed by atoms with E-state index in [1.165, 1.54) is 5.56 Å². The van der Waals surface area contributed by atoms with Crippen LogP contribution in [0, 0.1) is 0 Å². The third kappa shape index (κ3) is 5.63. The van der Waals surface area contributed by atoms with Crippen molar-refractivity contribution in [2.75, 3.05) is 18.1 Å². The predicted molar refractivity (Wildman–Crippen MR) is 85.8 cm³/mol. The first-order chi connectivity index (χ1) is 9.52. The summed E-state index contributed by atoms with van der Waals surface area (Å²) in [6, 6.07) is 8.22. The first kappa shape index (κ1) is 17.2. The van der Waals surface area contributed by atoms with Crippen LogP contribution in [0.25, 0.3) is 0 Å². The maximum absolute atomic E-state index is 12.0. The van der Waals surface area contributed by atoms with Crippen LogP contribution in [-0.4, -0.2) is 26.5 Å². The molecule has 0 saturated carbocycles. The molecule has 0 radical (unpaired) electrons. The molecule has 0 heterocycles. The highest BCUT2D eigenvalue weighted by Gasteiger charge is 2.19. The molecule has 0 amide bonds. The van der Waals surface area contributed by atoms with Crippen LogP contribution in [0.3, 0.4) is 0 Å². The van der Waals surface area contributed by atoms with Crippen LogP contribution in [0.4, 0.5) is 0 Å². The zero-order chi connectivity index (χ0) is 15.0. The molecule has 0 spiro atoms. The molecular formula is C16H27NO2S. The van der Waals surface area contributed by atoms with Gasteiger partial charge in [-0.2, -0.15) is 0 Å². The average molecular weight is 297 g/mol. The van der Waals surface area contributed by atoms with E-state index in [1.54, 1.807) is 0 Å². The lowest BCUT2D eigenvalue weighted by molar-refractivity contribution is 0.558. The van der Waals surface area contributed by atoms with Crippen LogP contribution in [0.15, 0.2) is 24.3 Å². The van der Waals surface area contributed by atoms with Crippen LogP contribution in [0.1, 0.15) is 50.8 Å². The van der Waals surface area contributed by atoms with E-state index in [1.807, 2.05) is 13.8 Å². The summed E-state index contributed by atoms with van der Waals surface area (Å²) in [5.74, 6) is 0.449. The van der Waals surface area contributed by atoms with Crippen molar-refractivity contribution in [3.63, 3.8) is 0 Å². The first-order valence-corrected chi connectivity index (χ1v) is 9.37. The maximum atomic E-state index is 12.0. The number of hydrogen-bond donors (Lipinski definition) is 1. The van der Waals surface area contributed by atoms with Crippen LogP contribution < -0.4 is 5.32 Å². The van der Waals surface area contributed by atoms with Crippen molar-refractivity contribution in [2.45, 2.75) is 46.1 Å². The molecule has 3 nitrogen and oxygen atoms in total. The summed E-state index contributed by atoms with van der Waals surface area (Å²) >= 11 is 0. The third-order valence-corrected chi connectivity index (χ3v) is 5.18. The quantitative estimate of drug-likeness (QED) is 0.762. The van der Waals surface area contributed by atoms with Crippen LogP contribution in [0.5, 0.6) is 0 Å². The molecule has 0 saturated heterocycles. The Bertz CT molecular complexity index is 480. The fourth-order valence-corrected chi connectivity index (χ4v) is 3.98. The number of rotatable bonds is 9. The monoisotopic (exact) mass is 297 g/mol. The molecule has 1 atom stereocenters. The molecule has 1 rings (SSSR count). The van der Waals surface area contributed by atoms with Gasteiger partial charge in [0.25, 0.3) is 0 Å². The summed E-state index contributed by atoms with van der Waals surface area (Å²) in [4.78, 5) is 0. The largest absolute Gasteiger partial charge is 0.309 e. The summed E-state index contributed by atoms with van der Waals surface area (Å²) < 4.78 is 24.0. The van der Waals surface area contributed by atoms with Gasteiger partial charge in [0.1, 0.15) is 0 Å². The Hall–Kier alpha value is -0.870. The van der Waals surface area contributed by atoms with Crippen molar-refractivity contribution in [3.05, 3.63) is 35.4 Å². The lowest BCUT2D eigenvalue weighted by Gasteiger charge is -2.18. The molecule has 0 fully saturated rings. The Morgan fingerprint density at radius 1 is 1.05 bits per heavy atom. The average Bonchev–Trinajstić information content (AvgIpc) is 2.39. The second-order valence-corrected chi connectivity index (χ2v) is 7.44. The van der Waals surface area contributed by atoms with Gasteiger partial charge in [0.15, 0.2) is 9.84 Å². The van der Waals surface area contributed by atoms with Gasteiger partial charge >= 0.3 is 0 Å². The van der Waals surface area contributed by atoms with Crippen molar-refractivity contribution >= 4 is 9.84 Å². The molecule has 0 aliphatic heterocycles. The number of sulfone groups is 1. The molecule has 1 N–H and O–H groups in total. The molecular weight excluding hydrogens is 270 g/mol. The Kier molecular flexibility index (Phi) is 7.24. The predicted octanol–water partition coefficient (Wildman–Crippen LogP) is 3.11.